The van der Waals surface area contributed by atoms with Gasteiger partial charge in [-0.15, -0.1) is 0 Å². The summed E-state index contributed by atoms with van der Waals surface area (Å²) < 4.78 is 16.7. The molecule has 0 saturated heterocycles. The molecule has 0 spiro atoms. The van der Waals surface area contributed by atoms with E-state index in [1.54, 1.807) is 56.8 Å². The molecule has 0 radical (unpaired) electrons. The van der Waals surface area contributed by atoms with E-state index in [0.717, 1.165) is 5.39 Å². The summed E-state index contributed by atoms with van der Waals surface area (Å²) in [6.45, 7) is 0. The number of ether oxygens (including phenoxy) is 3. The monoisotopic (exact) mass is 424 g/mol. The molecule has 0 aliphatic rings. The van der Waals surface area contributed by atoms with Crippen LogP contribution in [0.15, 0.2) is 48.7 Å². The summed E-state index contributed by atoms with van der Waals surface area (Å²) in [6, 6.07) is 12.4. The van der Waals surface area contributed by atoms with E-state index in [9.17, 15) is 9.59 Å². The minimum absolute atomic E-state index is 0.0711. The van der Waals surface area contributed by atoms with Gasteiger partial charge < -0.3 is 24.6 Å². The highest BCUT2D eigenvalue weighted by Crippen LogP contribution is 2.36. The molecule has 1 amide bonds. The number of rotatable bonds is 10. The third-order valence-electron chi connectivity index (χ3n) is 4.62. The molecule has 0 fully saturated rings. The molecule has 0 aliphatic heterocycles. The van der Waals surface area contributed by atoms with E-state index in [2.05, 4.69) is 10.3 Å². The maximum atomic E-state index is 12.0. The van der Waals surface area contributed by atoms with Crippen LogP contribution in [0.4, 0.5) is 5.69 Å². The maximum Gasteiger partial charge on any atom is 0.303 e. The van der Waals surface area contributed by atoms with Crippen molar-refractivity contribution in [3.8, 4) is 23.0 Å². The van der Waals surface area contributed by atoms with Crippen LogP contribution in [-0.2, 0) is 9.59 Å². The molecule has 2 aromatic carbocycles. The van der Waals surface area contributed by atoms with Crippen molar-refractivity contribution in [1.82, 2.24) is 4.98 Å². The van der Waals surface area contributed by atoms with E-state index in [-0.39, 0.29) is 18.7 Å². The first-order valence-corrected chi connectivity index (χ1v) is 9.80. The smallest absolute Gasteiger partial charge is 0.303 e. The van der Waals surface area contributed by atoms with E-state index in [1.165, 1.54) is 0 Å². The number of pyridine rings is 1. The Morgan fingerprint density at radius 3 is 2.29 bits per heavy atom. The number of amides is 1. The zero-order valence-electron chi connectivity index (χ0n) is 17.4. The minimum atomic E-state index is -0.851. The molecular formula is C23H24N2O6. The first-order chi connectivity index (χ1) is 15.0. The number of carbonyl (C=O) groups is 2. The van der Waals surface area contributed by atoms with Crippen LogP contribution in [-0.4, -0.2) is 36.2 Å². The van der Waals surface area contributed by atoms with E-state index < -0.39 is 5.97 Å². The highest BCUT2D eigenvalue weighted by molar-refractivity contribution is 5.91. The van der Waals surface area contributed by atoms with Crippen LogP contribution >= 0.6 is 0 Å². The predicted molar refractivity (Wildman–Crippen MR) is 116 cm³/mol. The second-order valence-electron chi connectivity index (χ2n) is 6.81. The van der Waals surface area contributed by atoms with Gasteiger partial charge in [0.15, 0.2) is 11.5 Å². The second kappa shape index (κ2) is 10.3. The number of hydrogen-bond acceptors (Lipinski definition) is 6. The van der Waals surface area contributed by atoms with Crippen molar-refractivity contribution in [3.63, 3.8) is 0 Å². The van der Waals surface area contributed by atoms with Crippen molar-refractivity contribution in [1.29, 1.82) is 0 Å². The lowest BCUT2D eigenvalue weighted by molar-refractivity contribution is -0.137. The van der Waals surface area contributed by atoms with Crippen molar-refractivity contribution >= 4 is 28.5 Å². The third kappa shape index (κ3) is 5.85. The molecule has 162 valence electrons. The van der Waals surface area contributed by atoms with Gasteiger partial charge in [-0.25, -0.2) is 0 Å². The summed E-state index contributed by atoms with van der Waals surface area (Å²) in [4.78, 5) is 26.8. The Morgan fingerprint density at radius 1 is 0.935 bits per heavy atom. The van der Waals surface area contributed by atoms with E-state index >= 15 is 0 Å². The number of methoxy groups -OCH3 is 2. The number of nitrogens with one attached hydrogen (secondary N) is 1. The van der Waals surface area contributed by atoms with Crippen LogP contribution < -0.4 is 19.5 Å². The summed E-state index contributed by atoms with van der Waals surface area (Å²) >= 11 is 0. The van der Waals surface area contributed by atoms with Gasteiger partial charge >= 0.3 is 5.97 Å². The van der Waals surface area contributed by atoms with Gasteiger partial charge in [0.05, 0.1) is 19.7 Å². The van der Waals surface area contributed by atoms with Crippen molar-refractivity contribution in [3.05, 3.63) is 48.7 Å². The van der Waals surface area contributed by atoms with Crippen LogP contribution in [0.2, 0.25) is 0 Å². The summed E-state index contributed by atoms with van der Waals surface area (Å²) in [7, 11) is 3.14. The van der Waals surface area contributed by atoms with Crippen molar-refractivity contribution < 1.29 is 28.9 Å². The Hall–Kier alpha value is -3.81. The molecule has 3 rings (SSSR count). The first-order valence-electron chi connectivity index (χ1n) is 9.80. The van der Waals surface area contributed by atoms with Gasteiger partial charge in [0.2, 0.25) is 5.91 Å². The molecule has 31 heavy (non-hydrogen) atoms. The summed E-state index contributed by atoms with van der Waals surface area (Å²) in [5.41, 5.74) is 1.35. The number of hydrogen-bond donors (Lipinski definition) is 2. The zero-order valence-corrected chi connectivity index (χ0v) is 17.4. The number of nitrogens with zero attached hydrogens (tertiary/aromatic N) is 1. The van der Waals surface area contributed by atoms with Crippen LogP contribution in [0.3, 0.4) is 0 Å². The molecule has 3 aromatic rings. The first kappa shape index (κ1) is 21.9. The SMILES string of the molecule is COc1cc2nccc(Oc3ccc(NC(=O)CCCCC(=O)O)cc3)c2cc1OC. The summed E-state index contributed by atoms with van der Waals surface area (Å²) in [5.74, 6) is 1.37. The Morgan fingerprint density at radius 2 is 1.61 bits per heavy atom. The van der Waals surface area contributed by atoms with Gasteiger partial charge in [0, 0.05) is 36.2 Å². The fourth-order valence-corrected chi connectivity index (χ4v) is 3.06. The zero-order chi connectivity index (χ0) is 22.2. The van der Waals surface area contributed by atoms with Crippen molar-refractivity contribution in [2.75, 3.05) is 19.5 Å². The van der Waals surface area contributed by atoms with Gasteiger partial charge in [-0.2, -0.15) is 0 Å². The molecule has 8 nitrogen and oxygen atoms in total. The quantitative estimate of drug-likeness (QED) is 0.457. The number of carboxylic acid groups (broad SMARTS) is 1. The van der Waals surface area contributed by atoms with Crippen LogP contribution in [0.25, 0.3) is 10.9 Å². The average molecular weight is 424 g/mol. The summed E-state index contributed by atoms with van der Waals surface area (Å²) in [5, 5.41) is 12.2. The van der Waals surface area contributed by atoms with E-state index in [1.807, 2.05) is 6.07 Å². The number of anilines is 1. The Labute approximate surface area is 179 Å². The number of fused-ring (bicyclic) bond motifs is 1. The van der Waals surface area contributed by atoms with Crippen molar-refractivity contribution in [2.24, 2.45) is 0 Å². The van der Waals surface area contributed by atoms with Gasteiger partial charge in [-0.05, 0) is 49.2 Å². The number of aromatic nitrogens is 1. The highest BCUT2D eigenvalue weighted by atomic mass is 16.5. The molecule has 2 N–H and O–H groups in total. The van der Waals surface area contributed by atoms with Crippen LogP contribution in [0.1, 0.15) is 25.7 Å². The van der Waals surface area contributed by atoms with E-state index in [0.29, 0.717) is 47.0 Å². The molecule has 0 unspecified atom stereocenters. The normalized spacial score (nSPS) is 10.5. The molecule has 0 bridgehead atoms. The van der Waals surface area contributed by atoms with E-state index in [4.69, 9.17) is 19.3 Å². The lowest BCUT2D eigenvalue weighted by Crippen LogP contribution is -2.11. The van der Waals surface area contributed by atoms with Gasteiger partial charge in [0.25, 0.3) is 0 Å². The maximum absolute atomic E-state index is 12.0. The number of carboxylic acids is 1. The highest BCUT2D eigenvalue weighted by Gasteiger charge is 2.11. The molecule has 1 aromatic heterocycles. The molecule has 8 heteroatoms. The summed E-state index contributed by atoms with van der Waals surface area (Å²) in [6.07, 6.45) is 3.01. The molecule has 0 atom stereocenters. The second-order valence-corrected chi connectivity index (χ2v) is 6.81. The molecule has 0 aliphatic carbocycles. The third-order valence-corrected chi connectivity index (χ3v) is 4.62. The van der Waals surface area contributed by atoms with Gasteiger partial charge in [-0.3, -0.25) is 14.6 Å². The molecular weight excluding hydrogens is 400 g/mol. The Kier molecular flexibility index (Phi) is 7.26. The Bertz CT molecular complexity index is 1070. The van der Waals surface area contributed by atoms with Crippen molar-refractivity contribution in [2.45, 2.75) is 25.7 Å². The van der Waals surface area contributed by atoms with Gasteiger partial charge in [0.1, 0.15) is 11.5 Å². The fraction of sp³-hybridized carbons (Fsp3) is 0.261. The minimum Gasteiger partial charge on any atom is -0.493 e. The van der Waals surface area contributed by atoms with Crippen LogP contribution in [0.5, 0.6) is 23.0 Å². The number of carbonyl (C=O) groups excluding carboxylic acids is 1. The Balaban J connectivity index is 1.66. The number of benzene rings is 2. The fourth-order valence-electron chi connectivity index (χ4n) is 3.06. The predicted octanol–water partition coefficient (Wildman–Crippen LogP) is 4.63. The van der Waals surface area contributed by atoms with Gasteiger partial charge in [-0.1, -0.05) is 0 Å². The lowest BCUT2D eigenvalue weighted by Gasteiger charge is -2.12. The number of aliphatic carboxylic acids is 1. The number of unbranched alkanes of at least 4 members (excludes halogenated alkanes) is 1. The topological polar surface area (TPSA) is 107 Å². The molecule has 1 heterocycles. The molecule has 0 saturated carbocycles. The van der Waals surface area contributed by atoms with Crippen LogP contribution in [0, 0.1) is 0 Å². The average Bonchev–Trinajstić information content (AvgIpc) is 2.77. The largest absolute Gasteiger partial charge is 0.493 e. The lowest BCUT2D eigenvalue weighted by atomic mass is 10.1. The standard InChI is InChI=1S/C23H24N2O6/c1-29-20-13-17-18(14-21(20)30-2)24-12-11-19(17)31-16-9-7-15(8-10-16)25-22(26)5-3-4-6-23(27)28/h7-14H,3-6H2,1-2H3,(H,25,26)(H,27,28).